The fraction of sp³-hybridized carbons (Fsp3) is 0.111. The molecule has 2 heteroatoms. The van der Waals surface area contributed by atoms with Crippen molar-refractivity contribution in [2.75, 3.05) is 0 Å². The molecule has 7 rings (SSSR count). The first kappa shape index (κ1) is 22.6. The minimum Gasteiger partial charge on any atom is -0.254 e. The molecule has 0 atom stereocenters. The summed E-state index contributed by atoms with van der Waals surface area (Å²) in [5.74, 6) is 0. The molecule has 1 aliphatic carbocycles. The van der Waals surface area contributed by atoms with E-state index in [2.05, 4.69) is 111 Å². The highest BCUT2D eigenvalue weighted by atomic mass is 14.8. The first-order valence-electron chi connectivity index (χ1n) is 13.3. The highest BCUT2D eigenvalue weighted by Gasteiger charge is 2.21. The number of aryl methyl sites for hydroxylation is 4. The Balaban J connectivity index is 1.32. The van der Waals surface area contributed by atoms with E-state index in [1.807, 2.05) is 12.4 Å². The van der Waals surface area contributed by atoms with Gasteiger partial charge in [0, 0.05) is 23.5 Å². The minimum atomic E-state index is 0.968. The van der Waals surface area contributed by atoms with Gasteiger partial charge in [-0.1, -0.05) is 72.8 Å². The molecule has 2 heterocycles. The number of pyridine rings is 2. The Morgan fingerprint density at radius 3 is 1.71 bits per heavy atom. The maximum absolute atomic E-state index is 5.02. The molecule has 0 spiro atoms. The molecular formula is C36H28N2. The second-order valence-corrected chi connectivity index (χ2v) is 10.4. The van der Waals surface area contributed by atoms with Gasteiger partial charge in [-0.05, 0) is 106 Å². The number of hydrogen-bond acceptors (Lipinski definition) is 2. The van der Waals surface area contributed by atoms with Gasteiger partial charge in [0.2, 0.25) is 0 Å². The van der Waals surface area contributed by atoms with E-state index in [4.69, 9.17) is 9.97 Å². The molecule has 0 radical (unpaired) electrons. The van der Waals surface area contributed by atoms with E-state index in [1.165, 1.54) is 60.8 Å². The van der Waals surface area contributed by atoms with Crippen molar-refractivity contribution in [3.63, 3.8) is 0 Å². The molecule has 1 aliphatic rings. The van der Waals surface area contributed by atoms with Crippen molar-refractivity contribution in [1.29, 1.82) is 0 Å². The van der Waals surface area contributed by atoms with Gasteiger partial charge in [-0.25, -0.2) is 0 Å². The van der Waals surface area contributed by atoms with Crippen LogP contribution in [0.5, 0.6) is 0 Å². The number of benzene rings is 4. The molecule has 2 nitrogen and oxygen atoms in total. The summed E-state index contributed by atoms with van der Waals surface area (Å²) in [4.78, 5) is 9.95. The van der Waals surface area contributed by atoms with Crippen LogP contribution in [0.25, 0.3) is 55.5 Å². The summed E-state index contributed by atoms with van der Waals surface area (Å²) in [5, 5.41) is 2.49. The van der Waals surface area contributed by atoms with Gasteiger partial charge in [0.15, 0.2) is 0 Å². The van der Waals surface area contributed by atoms with Crippen LogP contribution < -0.4 is 0 Å². The summed E-state index contributed by atoms with van der Waals surface area (Å²) in [6.07, 6.45) is 5.98. The van der Waals surface area contributed by atoms with Gasteiger partial charge in [-0.3, -0.25) is 9.97 Å². The van der Waals surface area contributed by atoms with Crippen LogP contribution in [-0.2, 0) is 12.8 Å². The lowest BCUT2D eigenvalue weighted by Gasteiger charge is -2.20. The van der Waals surface area contributed by atoms with Crippen LogP contribution in [-0.4, -0.2) is 9.97 Å². The van der Waals surface area contributed by atoms with Gasteiger partial charge in [0.05, 0.1) is 11.4 Å². The Morgan fingerprint density at radius 2 is 1.05 bits per heavy atom. The molecule has 0 amide bonds. The van der Waals surface area contributed by atoms with E-state index in [0.717, 1.165) is 29.8 Å². The maximum Gasteiger partial charge on any atom is 0.0921 e. The van der Waals surface area contributed by atoms with Gasteiger partial charge >= 0.3 is 0 Å². The zero-order chi connectivity index (χ0) is 25.6. The molecule has 4 aromatic carbocycles. The topological polar surface area (TPSA) is 25.8 Å². The molecule has 2 aromatic heterocycles. The smallest absolute Gasteiger partial charge is 0.0921 e. The van der Waals surface area contributed by atoms with Crippen molar-refractivity contribution in [3.05, 3.63) is 132 Å². The molecule has 0 saturated carbocycles. The van der Waals surface area contributed by atoms with Crippen LogP contribution >= 0.6 is 0 Å². The van der Waals surface area contributed by atoms with E-state index < -0.39 is 0 Å². The van der Waals surface area contributed by atoms with Crippen molar-refractivity contribution >= 4 is 10.8 Å². The molecule has 0 N–H and O–H groups in total. The highest BCUT2D eigenvalue weighted by molar-refractivity contribution is 5.96. The number of hydrogen-bond donors (Lipinski definition) is 0. The summed E-state index contributed by atoms with van der Waals surface area (Å²) < 4.78 is 0. The molecule has 6 aromatic rings. The lowest BCUT2D eigenvalue weighted by atomic mass is 9.87. The molecule has 38 heavy (non-hydrogen) atoms. The Hall–Kier alpha value is -4.56. The van der Waals surface area contributed by atoms with Crippen LogP contribution in [0.2, 0.25) is 0 Å². The molecule has 0 unspecified atom stereocenters. The van der Waals surface area contributed by atoms with Crippen molar-refractivity contribution in [3.8, 4) is 44.8 Å². The predicted octanol–water partition coefficient (Wildman–Crippen LogP) is 9.01. The van der Waals surface area contributed by atoms with Crippen molar-refractivity contribution in [1.82, 2.24) is 9.97 Å². The zero-order valence-corrected chi connectivity index (χ0v) is 21.7. The highest BCUT2D eigenvalue weighted by Crippen LogP contribution is 2.39. The lowest BCUT2D eigenvalue weighted by Crippen LogP contribution is -2.08. The summed E-state index contributed by atoms with van der Waals surface area (Å²) in [5.41, 5.74) is 14.4. The Morgan fingerprint density at radius 1 is 0.474 bits per heavy atom. The number of fused-ring (bicyclic) bond motifs is 4. The lowest BCUT2D eigenvalue weighted by molar-refractivity contribution is 0.913. The van der Waals surface area contributed by atoms with Crippen LogP contribution in [0.3, 0.4) is 0 Å². The summed E-state index contributed by atoms with van der Waals surface area (Å²) in [6, 6.07) is 35.1. The third-order valence-electron chi connectivity index (χ3n) is 7.94. The second-order valence-electron chi connectivity index (χ2n) is 10.4. The predicted molar refractivity (Wildman–Crippen MR) is 158 cm³/mol. The maximum atomic E-state index is 5.02. The summed E-state index contributed by atoms with van der Waals surface area (Å²) in [7, 11) is 0. The van der Waals surface area contributed by atoms with Gasteiger partial charge in [0.1, 0.15) is 0 Å². The number of aromatic nitrogens is 2. The normalized spacial score (nSPS) is 12.3. The van der Waals surface area contributed by atoms with Gasteiger partial charge in [-0.15, -0.1) is 0 Å². The standard InChI is InChI=1S/C36H28N2/c1-23-12-13-28(16-24(23)2)31-17-29-14-15-30-18-32(22-38-36(30)35(29)37-21-31)34-20-27-11-7-6-10-26(27)19-33(34)25-8-4-3-5-9-25/h3-13,16-22H,14-15H2,1-2H3. The zero-order valence-electron chi connectivity index (χ0n) is 21.7. The summed E-state index contributed by atoms with van der Waals surface area (Å²) in [6.45, 7) is 4.32. The summed E-state index contributed by atoms with van der Waals surface area (Å²) >= 11 is 0. The second kappa shape index (κ2) is 9.08. The number of nitrogens with zero attached hydrogens (tertiary/aromatic N) is 2. The average molecular weight is 489 g/mol. The molecule has 0 fully saturated rings. The van der Waals surface area contributed by atoms with Gasteiger partial charge in [-0.2, -0.15) is 0 Å². The van der Waals surface area contributed by atoms with Crippen LogP contribution in [0.1, 0.15) is 22.3 Å². The minimum absolute atomic E-state index is 0.968. The van der Waals surface area contributed by atoms with E-state index in [9.17, 15) is 0 Å². The average Bonchev–Trinajstić information content (AvgIpc) is 2.97. The fourth-order valence-corrected chi connectivity index (χ4v) is 5.66. The molecular weight excluding hydrogens is 460 g/mol. The molecule has 0 aliphatic heterocycles. The number of rotatable bonds is 3. The van der Waals surface area contributed by atoms with E-state index in [0.29, 0.717) is 0 Å². The first-order valence-corrected chi connectivity index (χ1v) is 13.3. The van der Waals surface area contributed by atoms with Crippen LogP contribution in [0, 0.1) is 13.8 Å². The first-order chi connectivity index (χ1) is 18.6. The Labute approximate surface area is 223 Å². The monoisotopic (exact) mass is 488 g/mol. The van der Waals surface area contributed by atoms with Crippen LogP contribution in [0.4, 0.5) is 0 Å². The Bertz CT molecular complexity index is 1830. The Kier molecular flexibility index (Phi) is 5.40. The third kappa shape index (κ3) is 3.90. The van der Waals surface area contributed by atoms with Gasteiger partial charge in [0.25, 0.3) is 0 Å². The van der Waals surface area contributed by atoms with E-state index in [-0.39, 0.29) is 0 Å². The van der Waals surface area contributed by atoms with Crippen molar-refractivity contribution in [2.24, 2.45) is 0 Å². The van der Waals surface area contributed by atoms with Crippen LogP contribution in [0.15, 0.2) is 109 Å². The van der Waals surface area contributed by atoms with Crippen molar-refractivity contribution < 1.29 is 0 Å². The molecule has 182 valence electrons. The third-order valence-corrected chi connectivity index (χ3v) is 7.94. The largest absolute Gasteiger partial charge is 0.254 e. The molecule has 0 bridgehead atoms. The van der Waals surface area contributed by atoms with Crippen molar-refractivity contribution in [2.45, 2.75) is 26.7 Å². The van der Waals surface area contributed by atoms with Gasteiger partial charge < -0.3 is 0 Å². The van der Waals surface area contributed by atoms with E-state index >= 15 is 0 Å². The fourth-order valence-electron chi connectivity index (χ4n) is 5.66. The molecule has 0 saturated heterocycles. The SMILES string of the molecule is Cc1ccc(-c2cnc3c(c2)CCc2cc(-c4cc5ccccc5cc4-c4ccccc4)cnc2-3)cc1C. The van der Waals surface area contributed by atoms with E-state index in [1.54, 1.807) is 0 Å². The quantitative estimate of drug-likeness (QED) is 0.248.